The summed E-state index contributed by atoms with van der Waals surface area (Å²) in [7, 11) is 0. The molecule has 1 N–H and O–H groups in total. The molecule has 35 heavy (non-hydrogen) atoms. The van der Waals surface area contributed by atoms with Gasteiger partial charge in [0.25, 0.3) is 0 Å². The largest absolute Gasteiger partial charge is 0.342 e. The molecule has 3 nitrogen and oxygen atoms in total. The van der Waals surface area contributed by atoms with Crippen LogP contribution in [0.4, 0.5) is 8.78 Å². The van der Waals surface area contributed by atoms with Crippen molar-refractivity contribution in [1.82, 2.24) is 14.9 Å². The molecule has 1 aliphatic heterocycles. The molecule has 0 radical (unpaired) electrons. The predicted octanol–water partition coefficient (Wildman–Crippen LogP) is 7.66. The molecular weight excluding hydrogens is 440 g/mol. The highest BCUT2D eigenvalue weighted by Crippen LogP contribution is 2.31. The molecule has 0 spiro atoms. The van der Waals surface area contributed by atoms with Gasteiger partial charge in [-0.2, -0.15) is 0 Å². The van der Waals surface area contributed by atoms with Crippen LogP contribution in [-0.2, 0) is 0 Å². The Bertz CT molecular complexity index is 1100. The van der Waals surface area contributed by atoms with E-state index in [0.717, 1.165) is 73.3 Å². The van der Waals surface area contributed by atoms with Crippen molar-refractivity contribution in [1.29, 1.82) is 0 Å². The highest BCUT2D eigenvalue weighted by atomic mass is 19.1. The van der Waals surface area contributed by atoms with Crippen molar-refractivity contribution in [3.63, 3.8) is 0 Å². The van der Waals surface area contributed by atoms with Crippen LogP contribution in [0.1, 0.15) is 68.3 Å². The van der Waals surface area contributed by atoms with E-state index in [1.165, 1.54) is 24.3 Å². The third kappa shape index (κ3) is 6.34. The second-order valence-electron chi connectivity index (χ2n) is 9.05. The van der Waals surface area contributed by atoms with Gasteiger partial charge in [0.2, 0.25) is 0 Å². The van der Waals surface area contributed by atoms with Gasteiger partial charge in [0.1, 0.15) is 17.5 Å². The van der Waals surface area contributed by atoms with E-state index in [0.29, 0.717) is 5.92 Å². The van der Waals surface area contributed by atoms with Gasteiger partial charge in [-0.25, -0.2) is 13.8 Å². The van der Waals surface area contributed by atoms with E-state index >= 15 is 0 Å². The van der Waals surface area contributed by atoms with Crippen molar-refractivity contribution in [3.8, 4) is 0 Å². The zero-order valence-corrected chi connectivity index (χ0v) is 20.7. The lowest BCUT2D eigenvalue weighted by Crippen LogP contribution is -2.34. The van der Waals surface area contributed by atoms with Crippen molar-refractivity contribution >= 4 is 11.0 Å². The van der Waals surface area contributed by atoms with E-state index in [9.17, 15) is 8.78 Å². The average molecular weight is 476 g/mol. The minimum Gasteiger partial charge on any atom is -0.342 e. The molecule has 1 fully saturated rings. The van der Waals surface area contributed by atoms with Crippen molar-refractivity contribution in [2.45, 2.75) is 51.4 Å². The van der Waals surface area contributed by atoms with Gasteiger partial charge in [-0.1, -0.05) is 50.2 Å². The van der Waals surface area contributed by atoms with E-state index < -0.39 is 0 Å². The van der Waals surface area contributed by atoms with Crippen LogP contribution < -0.4 is 0 Å². The predicted molar refractivity (Wildman–Crippen MR) is 140 cm³/mol. The summed E-state index contributed by atoms with van der Waals surface area (Å²) >= 11 is 0. The molecule has 5 heteroatoms. The number of H-pyrrole nitrogens is 1. The Hall–Kier alpha value is -3.05. The van der Waals surface area contributed by atoms with Gasteiger partial charge < -0.3 is 9.88 Å². The molecule has 0 aliphatic carbocycles. The minimum absolute atomic E-state index is 0.138. The van der Waals surface area contributed by atoms with Gasteiger partial charge in [0.15, 0.2) is 0 Å². The number of hydrogen-bond acceptors (Lipinski definition) is 2. The maximum Gasteiger partial charge on any atom is 0.123 e. The number of aromatic amines is 1. The summed E-state index contributed by atoms with van der Waals surface area (Å²) in [5, 5.41) is 0. The number of aromatic nitrogens is 2. The van der Waals surface area contributed by atoms with E-state index in [2.05, 4.69) is 22.0 Å². The Kier molecular flexibility index (Phi) is 8.64. The highest BCUT2D eigenvalue weighted by molar-refractivity contribution is 5.74. The number of piperidine rings is 1. The van der Waals surface area contributed by atoms with Gasteiger partial charge in [0, 0.05) is 11.8 Å². The zero-order chi connectivity index (χ0) is 24.6. The third-order valence-electron chi connectivity index (χ3n) is 6.89. The summed E-state index contributed by atoms with van der Waals surface area (Å²) in [6.45, 7) is 7.17. The maximum absolute atomic E-state index is 13.5. The van der Waals surface area contributed by atoms with Crippen LogP contribution in [0.25, 0.3) is 11.0 Å². The molecule has 0 atom stereocenters. The molecule has 1 saturated heterocycles. The Morgan fingerprint density at radius 3 is 2.00 bits per heavy atom. The minimum atomic E-state index is -0.232. The van der Waals surface area contributed by atoms with Crippen LogP contribution in [0.2, 0.25) is 0 Å². The van der Waals surface area contributed by atoms with Crippen molar-refractivity contribution in [3.05, 3.63) is 101 Å². The smallest absolute Gasteiger partial charge is 0.123 e. The molecular formula is C30H35F2N3. The SMILES string of the molecule is CC.Fc1ccc(C(CCCN2CCC(c3nc4ccccc4[nH]3)CC2)c2ccc(F)cc2)cc1. The first-order chi connectivity index (χ1) is 17.2. The number of nitrogens with one attached hydrogen (secondary N) is 1. The monoisotopic (exact) mass is 475 g/mol. The summed E-state index contributed by atoms with van der Waals surface area (Å²) in [6.07, 6.45) is 4.20. The fourth-order valence-corrected chi connectivity index (χ4v) is 5.03. The lowest BCUT2D eigenvalue weighted by Gasteiger charge is -2.31. The first-order valence-electron chi connectivity index (χ1n) is 12.8. The number of nitrogens with zero attached hydrogens (tertiary/aromatic N) is 2. The molecule has 1 aromatic heterocycles. The normalized spacial score (nSPS) is 14.8. The summed E-state index contributed by atoms with van der Waals surface area (Å²) in [5.74, 6) is 1.27. The number of fused-ring (bicyclic) bond motifs is 1. The molecule has 0 amide bonds. The number of halogens is 2. The second kappa shape index (κ2) is 12.1. The molecule has 0 unspecified atom stereocenters. The first kappa shape index (κ1) is 25.1. The van der Waals surface area contributed by atoms with Crippen molar-refractivity contribution < 1.29 is 8.78 Å². The Morgan fingerprint density at radius 1 is 0.857 bits per heavy atom. The summed E-state index contributed by atoms with van der Waals surface area (Å²) in [6, 6.07) is 21.6. The lowest BCUT2D eigenvalue weighted by molar-refractivity contribution is 0.205. The van der Waals surface area contributed by atoms with Crippen LogP contribution >= 0.6 is 0 Å². The Morgan fingerprint density at radius 2 is 1.43 bits per heavy atom. The number of rotatable bonds is 7. The molecule has 0 bridgehead atoms. The third-order valence-corrected chi connectivity index (χ3v) is 6.89. The van der Waals surface area contributed by atoms with Crippen LogP contribution in [0.5, 0.6) is 0 Å². The topological polar surface area (TPSA) is 31.9 Å². The summed E-state index contributed by atoms with van der Waals surface area (Å²) in [4.78, 5) is 10.8. The number of hydrogen-bond donors (Lipinski definition) is 1. The van der Waals surface area contributed by atoms with Gasteiger partial charge in [-0.3, -0.25) is 0 Å². The Balaban J connectivity index is 0.00000141. The number of imidazole rings is 1. The van der Waals surface area contributed by atoms with Crippen molar-refractivity contribution in [2.75, 3.05) is 19.6 Å². The second-order valence-corrected chi connectivity index (χ2v) is 9.05. The quantitative estimate of drug-likeness (QED) is 0.298. The van der Waals surface area contributed by atoms with E-state index in [4.69, 9.17) is 4.98 Å². The molecule has 184 valence electrons. The summed E-state index contributed by atoms with van der Waals surface area (Å²) in [5.41, 5.74) is 4.31. The molecule has 1 aliphatic rings. The lowest BCUT2D eigenvalue weighted by atomic mass is 9.87. The fraction of sp³-hybridized carbons (Fsp3) is 0.367. The van der Waals surface area contributed by atoms with Gasteiger partial charge in [-0.15, -0.1) is 0 Å². The van der Waals surface area contributed by atoms with Crippen LogP contribution in [0.15, 0.2) is 72.8 Å². The fourth-order valence-electron chi connectivity index (χ4n) is 5.03. The Labute approximate surface area is 207 Å². The first-order valence-corrected chi connectivity index (χ1v) is 12.8. The van der Waals surface area contributed by atoms with E-state index in [1.807, 2.05) is 50.2 Å². The van der Waals surface area contributed by atoms with Crippen LogP contribution in [0.3, 0.4) is 0 Å². The molecule has 0 saturated carbocycles. The van der Waals surface area contributed by atoms with E-state index in [1.54, 1.807) is 0 Å². The molecule has 3 aromatic carbocycles. The summed E-state index contributed by atoms with van der Waals surface area (Å²) < 4.78 is 26.9. The molecule has 5 rings (SSSR count). The van der Waals surface area contributed by atoms with Crippen LogP contribution in [-0.4, -0.2) is 34.5 Å². The number of likely N-dealkylation sites (tertiary alicyclic amines) is 1. The van der Waals surface area contributed by atoms with Crippen LogP contribution in [0, 0.1) is 11.6 Å². The van der Waals surface area contributed by atoms with Gasteiger partial charge >= 0.3 is 0 Å². The number of benzene rings is 3. The molecule has 4 aromatic rings. The standard InChI is InChI=1S/C28H29F2N3.C2H6/c29-23-11-7-20(8-12-23)25(21-9-13-24(30)14-10-21)4-3-17-33-18-15-22(16-19-33)28-31-26-5-1-2-6-27(26)32-28;1-2/h1-2,5-14,22,25H,3-4,15-19H2,(H,31,32);1-2H3. The number of para-hydroxylation sites is 2. The van der Waals surface area contributed by atoms with E-state index in [-0.39, 0.29) is 17.6 Å². The average Bonchev–Trinajstić information content (AvgIpc) is 3.34. The molecule has 2 heterocycles. The highest BCUT2D eigenvalue weighted by Gasteiger charge is 2.23. The van der Waals surface area contributed by atoms with Gasteiger partial charge in [-0.05, 0) is 92.8 Å². The zero-order valence-electron chi connectivity index (χ0n) is 20.7. The maximum atomic E-state index is 13.5. The van der Waals surface area contributed by atoms with Gasteiger partial charge in [0.05, 0.1) is 11.0 Å². The van der Waals surface area contributed by atoms with Crippen molar-refractivity contribution in [2.24, 2.45) is 0 Å².